The Morgan fingerprint density at radius 3 is 2.21 bits per heavy atom. The van der Waals surface area contributed by atoms with Crippen LogP contribution in [0.3, 0.4) is 0 Å². The van der Waals surface area contributed by atoms with E-state index in [0.29, 0.717) is 20.9 Å². The van der Waals surface area contributed by atoms with Crippen molar-refractivity contribution in [3.8, 4) is 5.69 Å². The van der Waals surface area contributed by atoms with Gasteiger partial charge in [-0.05, 0) is 60.2 Å². The van der Waals surface area contributed by atoms with Crippen molar-refractivity contribution in [2.24, 2.45) is 0 Å². The van der Waals surface area contributed by atoms with Crippen LogP contribution in [-0.2, 0) is 5.41 Å². The molecule has 0 bridgehead atoms. The zero-order chi connectivity index (χ0) is 23.8. The number of hydrogen-bond acceptors (Lipinski definition) is 3. The van der Waals surface area contributed by atoms with Crippen LogP contribution in [0, 0.1) is 11.6 Å². The predicted molar refractivity (Wildman–Crippen MR) is 133 cm³/mol. The Kier molecular flexibility index (Phi) is 6.91. The summed E-state index contributed by atoms with van der Waals surface area (Å²) in [6.45, 7) is 4.09. The van der Waals surface area contributed by atoms with Crippen molar-refractivity contribution in [3.05, 3.63) is 105 Å². The minimum atomic E-state index is -0.526. The summed E-state index contributed by atoms with van der Waals surface area (Å²) in [4.78, 5) is 4.60. The Balaban J connectivity index is 1.78. The number of rotatable bonds is 6. The standard InChI is InChI=1S/C24H18Cl3F2N3S/c1-24(2,14-3-9-18(25)19(26)11-14)22-13-30-23(32(22)17-7-4-15(28)5-8-17)33-31-21-10-6-16(29)12-20(21)27/h3-13,31H,1-2H3. The fraction of sp³-hybridized carbons (Fsp3) is 0.125. The quantitative estimate of drug-likeness (QED) is 0.256. The number of hydrogen-bond donors (Lipinski definition) is 1. The Morgan fingerprint density at radius 2 is 1.55 bits per heavy atom. The van der Waals surface area contributed by atoms with Gasteiger partial charge >= 0.3 is 0 Å². The van der Waals surface area contributed by atoms with Gasteiger partial charge < -0.3 is 4.72 Å². The molecule has 0 spiro atoms. The second-order valence-corrected chi connectivity index (χ2v) is 9.82. The van der Waals surface area contributed by atoms with Crippen molar-refractivity contribution in [2.45, 2.75) is 24.4 Å². The van der Waals surface area contributed by atoms with E-state index in [-0.39, 0.29) is 10.8 Å². The normalized spacial score (nSPS) is 11.6. The number of imidazole rings is 1. The molecule has 4 rings (SSSR count). The zero-order valence-electron chi connectivity index (χ0n) is 17.5. The van der Waals surface area contributed by atoms with Gasteiger partial charge in [0.1, 0.15) is 11.6 Å². The molecule has 0 atom stereocenters. The Labute approximate surface area is 209 Å². The van der Waals surface area contributed by atoms with Gasteiger partial charge in [0.05, 0.1) is 32.6 Å². The van der Waals surface area contributed by atoms with Crippen LogP contribution in [0.2, 0.25) is 15.1 Å². The van der Waals surface area contributed by atoms with Crippen LogP contribution in [0.4, 0.5) is 14.5 Å². The lowest BCUT2D eigenvalue weighted by atomic mass is 9.81. The van der Waals surface area contributed by atoms with Crippen LogP contribution in [0.15, 0.2) is 72.0 Å². The minimum Gasteiger partial charge on any atom is -0.322 e. The summed E-state index contributed by atoms with van der Waals surface area (Å²) in [5.74, 6) is -0.761. The molecule has 1 heterocycles. The number of aromatic nitrogens is 2. The molecule has 0 aliphatic rings. The molecular weight excluding hydrogens is 507 g/mol. The maximum Gasteiger partial charge on any atom is 0.193 e. The molecule has 3 aromatic carbocycles. The number of nitrogens with zero attached hydrogens (tertiary/aromatic N) is 2. The monoisotopic (exact) mass is 523 g/mol. The van der Waals surface area contributed by atoms with E-state index in [1.165, 1.54) is 36.2 Å². The number of halogens is 5. The number of anilines is 1. The third-order valence-corrected chi connectivity index (χ3v) is 7.12. The summed E-state index contributed by atoms with van der Waals surface area (Å²) in [5, 5.41) is 1.76. The molecule has 0 amide bonds. The fourth-order valence-electron chi connectivity index (χ4n) is 3.39. The average molecular weight is 525 g/mol. The lowest BCUT2D eigenvalue weighted by Crippen LogP contribution is -2.23. The lowest BCUT2D eigenvalue weighted by Gasteiger charge is -2.27. The largest absolute Gasteiger partial charge is 0.322 e. The van der Waals surface area contributed by atoms with Gasteiger partial charge in [-0.1, -0.05) is 54.7 Å². The zero-order valence-corrected chi connectivity index (χ0v) is 20.6. The van der Waals surface area contributed by atoms with E-state index in [1.54, 1.807) is 30.5 Å². The molecule has 9 heteroatoms. The molecule has 4 aromatic rings. The highest BCUT2D eigenvalue weighted by Crippen LogP contribution is 2.38. The summed E-state index contributed by atoms with van der Waals surface area (Å²) in [6.07, 6.45) is 1.77. The highest BCUT2D eigenvalue weighted by Gasteiger charge is 2.30. The summed E-state index contributed by atoms with van der Waals surface area (Å²) < 4.78 is 32.1. The first-order valence-electron chi connectivity index (χ1n) is 9.84. The molecule has 0 saturated heterocycles. The lowest BCUT2D eigenvalue weighted by molar-refractivity contribution is 0.591. The predicted octanol–water partition coefficient (Wildman–Crippen LogP) is 8.56. The van der Waals surface area contributed by atoms with Gasteiger partial charge in [0.15, 0.2) is 5.16 Å². The first-order valence-corrected chi connectivity index (χ1v) is 11.8. The van der Waals surface area contributed by atoms with Gasteiger partial charge in [-0.3, -0.25) is 4.57 Å². The first kappa shape index (κ1) is 23.9. The summed E-state index contributed by atoms with van der Waals surface area (Å²) in [7, 11) is 0. The molecule has 1 aromatic heterocycles. The Morgan fingerprint density at radius 1 is 0.848 bits per heavy atom. The second kappa shape index (κ2) is 9.55. The maximum absolute atomic E-state index is 13.6. The third kappa shape index (κ3) is 4.99. The Bertz CT molecular complexity index is 1310. The van der Waals surface area contributed by atoms with E-state index in [9.17, 15) is 8.78 Å². The van der Waals surface area contributed by atoms with Crippen LogP contribution in [0.5, 0.6) is 0 Å². The third-order valence-electron chi connectivity index (χ3n) is 5.28. The maximum atomic E-state index is 13.6. The van der Waals surface area contributed by atoms with Crippen LogP contribution in [0.25, 0.3) is 5.69 Å². The SMILES string of the molecule is CC(C)(c1ccc(Cl)c(Cl)c1)c1cnc(SNc2ccc(F)cc2Cl)n1-c1ccc(F)cc1. The molecular formula is C24H18Cl3F2N3S. The molecule has 0 saturated carbocycles. The topological polar surface area (TPSA) is 29.9 Å². The van der Waals surface area contributed by atoms with E-state index in [4.69, 9.17) is 34.8 Å². The molecule has 0 unspecified atom stereocenters. The molecule has 0 aliphatic carbocycles. The fourth-order valence-corrected chi connectivity index (χ4v) is 4.74. The number of benzene rings is 3. The van der Waals surface area contributed by atoms with E-state index < -0.39 is 11.2 Å². The summed E-state index contributed by atoms with van der Waals surface area (Å²) in [6, 6.07) is 15.8. The van der Waals surface area contributed by atoms with Gasteiger partial charge in [0, 0.05) is 23.1 Å². The van der Waals surface area contributed by atoms with Crippen molar-refractivity contribution in [1.29, 1.82) is 0 Å². The van der Waals surface area contributed by atoms with Gasteiger partial charge in [0.25, 0.3) is 0 Å². The van der Waals surface area contributed by atoms with Gasteiger partial charge in [-0.2, -0.15) is 0 Å². The first-order chi connectivity index (χ1) is 15.7. The van der Waals surface area contributed by atoms with Gasteiger partial charge in [0.2, 0.25) is 0 Å². The van der Waals surface area contributed by atoms with Crippen molar-refractivity contribution >= 4 is 52.4 Å². The van der Waals surface area contributed by atoms with E-state index in [1.807, 2.05) is 30.5 Å². The molecule has 33 heavy (non-hydrogen) atoms. The van der Waals surface area contributed by atoms with E-state index in [2.05, 4.69) is 9.71 Å². The molecule has 3 nitrogen and oxygen atoms in total. The minimum absolute atomic E-state index is 0.249. The van der Waals surface area contributed by atoms with Crippen LogP contribution >= 0.6 is 46.8 Å². The van der Waals surface area contributed by atoms with E-state index in [0.717, 1.165) is 16.9 Å². The van der Waals surface area contributed by atoms with Crippen molar-refractivity contribution in [1.82, 2.24) is 9.55 Å². The molecule has 170 valence electrons. The average Bonchev–Trinajstić information content (AvgIpc) is 3.20. The number of nitrogens with one attached hydrogen (secondary N) is 1. The van der Waals surface area contributed by atoms with Crippen LogP contribution in [0.1, 0.15) is 25.1 Å². The second-order valence-electron chi connectivity index (χ2n) is 7.82. The van der Waals surface area contributed by atoms with Crippen molar-refractivity contribution in [2.75, 3.05) is 4.72 Å². The van der Waals surface area contributed by atoms with E-state index >= 15 is 0 Å². The van der Waals surface area contributed by atoms with Crippen LogP contribution < -0.4 is 4.72 Å². The highest BCUT2D eigenvalue weighted by molar-refractivity contribution is 8.00. The van der Waals surface area contributed by atoms with Gasteiger partial charge in [-0.25, -0.2) is 13.8 Å². The molecule has 0 aliphatic heterocycles. The molecule has 0 radical (unpaired) electrons. The Hall–Kier alpha value is -2.25. The molecule has 1 N–H and O–H groups in total. The van der Waals surface area contributed by atoms with Crippen molar-refractivity contribution < 1.29 is 8.78 Å². The van der Waals surface area contributed by atoms with Crippen molar-refractivity contribution in [3.63, 3.8) is 0 Å². The summed E-state index contributed by atoms with van der Waals surface area (Å²) >= 11 is 19.8. The molecule has 0 fully saturated rings. The smallest absolute Gasteiger partial charge is 0.193 e. The van der Waals surface area contributed by atoms with Gasteiger partial charge in [-0.15, -0.1) is 0 Å². The summed E-state index contributed by atoms with van der Waals surface area (Å²) in [5.41, 5.74) is 2.53. The highest BCUT2D eigenvalue weighted by atomic mass is 35.5. The van der Waals surface area contributed by atoms with Crippen LogP contribution in [-0.4, -0.2) is 9.55 Å².